The lowest BCUT2D eigenvalue weighted by atomic mass is 10.1. The Balaban J connectivity index is 1.58. The molecular weight excluding hydrogens is 580 g/mol. The Morgan fingerprint density at radius 1 is 0.705 bits per heavy atom. The Bertz CT molecular complexity index is 1670. The predicted octanol–water partition coefficient (Wildman–Crippen LogP) is 6.11. The Hall–Kier alpha value is -5.22. The van der Waals surface area contributed by atoms with Crippen LogP contribution in [-0.2, 0) is 4.79 Å². The van der Waals surface area contributed by atoms with Crippen LogP contribution in [0.15, 0.2) is 102 Å². The summed E-state index contributed by atoms with van der Waals surface area (Å²) in [7, 11) is 6.05. The minimum atomic E-state index is -0.569. The molecule has 0 radical (unpaired) electrons. The zero-order valence-corrected chi connectivity index (χ0v) is 25.5. The second kappa shape index (κ2) is 15.3. The van der Waals surface area contributed by atoms with Gasteiger partial charge in [0.15, 0.2) is 17.3 Å². The van der Waals surface area contributed by atoms with Crippen molar-refractivity contribution in [2.75, 3.05) is 39.5 Å². The third-order valence-corrected chi connectivity index (χ3v) is 7.41. The summed E-state index contributed by atoms with van der Waals surface area (Å²) in [6.45, 7) is 0. The fourth-order valence-electron chi connectivity index (χ4n) is 4.15. The van der Waals surface area contributed by atoms with Crippen molar-refractivity contribution in [1.29, 1.82) is 0 Å². The van der Waals surface area contributed by atoms with E-state index < -0.39 is 11.8 Å². The van der Waals surface area contributed by atoms with Crippen molar-refractivity contribution in [3.8, 4) is 23.0 Å². The van der Waals surface area contributed by atoms with E-state index in [2.05, 4.69) is 10.6 Å². The lowest BCUT2D eigenvalue weighted by Crippen LogP contribution is -2.30. The molecule has 0 heterocycles. The molecule has 4 aromatic rings. The lowest BCUT2D eigenvalue weighted by molar-refractivity contribution is -0.113. The third kappa shape index (κ3) is 8.20. The van der Waals surface area contributed by atoms with E-state index in [4.69, 9.17) is 18.9 Å². The summed E-state index contributed by atoms with van der Waals surface area (Å²) in [6.07, 6.45) is 1.50. The summed E-state index contributed by atoms with van der Waals surface area (Å²) in [5, 5.41) is 5.57. The molecule has 0 aromatic heterocycles. The smallest absolute Gasteiger partial charge is 0.272 e. The standard InChI is InChI=1S/C34H32N2O7S/c1-40-26-14-8-12-23(16-26)29(37)21-44-27-15-9-13-25(19-27)35-34(39)28(36-33(38)22-10-6-5-7-11-22)17-24-18-31(42-3)32(43-4)20-30(24)41-2/h5-20H,21H2,1-4H3,(H,35,39)(H,36,38)/b28-17-. The number of ether oxygens (including phenoxy) is 4. The number of benzene rings is 4. The maximum atomic E-state index is 13.6. The molecular formula is C34H32N2O7S. The summed E-state index contributed by atoms with van der Waals surface area (Å²) >= 11 is 1.34. The van der Waals surface area contributed by atoms with Gasteiger partial charge in [-0.15, -0.1) is 11.8 Å². The summed E-state index contributed by atoms with van der Waals surface area (Å²) in [5.74, 6) is 0.984. The second-order valence-electron chi connectivity index (χ2n) is 9.25. The number of carbonyl (C=O) groups excluding carboxylic acids is 3. The number of methoxy groups -OCH3 is 4. The van der Waals surface area contributed by atoms with Crippen molar-refractivity contribution >= 4 is 41.1 Å². The van der Waals surface area contributed by atoms with E-state index in [0.29, 0.717) is 45.4 Å². The quantitative estimate of drug-likeness (QED) is 0.106. The van der Waals surface area contributed by atoms with Crippen LogP contribution >= 0.6 is 11.8 Å². The summed E-state index contributed by atoms with van der Waals surface area (Å²) in [6, 6.07) is 25.9. The SMILES string of the molecule is COc1cccc(C(=O)CSc2cccc(NC(=O)/C(=C/c3cc(OC)c(OC)cc3OC)NC(=O)c3ccccc3)c2)c1. The highest BCUT2D eigenvalue weighted by Gasteiger charge is 2.18. The summed E-state index contributed by atoms with van der Waals surface area (Å²) in [4.78, 5) is 40.2. The van der Waals surface area contributed by atoms with Crippen LogP contribution in [0.5, 0.6) is 23.0 Å². The molecule has 226 valence electrons. The highest BCUT2D eigenvalue weighted by molar-refractivity contribution is 8.00. The van der Waals surface area contributed by atoms with E-state index in [0.717, 1.165) is 4.90 Å². The number of Topliss-reactive ketones (excluding diaryl/α,β-unsaturated/α-hetero) is 1. The van der Waals surface area contributed by atoms with Crippen LogP contribution in [0.1, 0.15) is 26.3 Å². The number of ketones is 1. The molecule has 0 saturated carbocycles. The van der Waals surface area contributed by atoms with Crippen molar-refractivity contribution in [3.63, 3.8) is 0 Å². The molecule has 0 aliphatic rings. The van der Waals surface area contributed by atoms with Gasteiger partial charge in [-0.2, -0.15) is 0 Å². The molecule has 0 saturated heterocycles. The Morgan fingerprint density at radius 2 is 1.39 bits per heavy atom. The molecule has 2 amide bonds. The van der Waals surface area contributed by atoms with Crippen molar-refractivity contribution in [2.24, 2.45) is 0 Å². The summed E-state index contributed by atoms with van der Waals surface area (Å²) in [5.41, 5.74) is 1.85. The molecule has 0 aliphatic heterocycles. The van der Waals surface area contributed by atoms with Crippen LogP contribution in [-0.4, -0.2) is 51.8 Å². The van der Waals surface area contributed by atoms with Gasteiger partial charge >= 0.3 is 0 Å². The fraction of sp³-hybridized carbons (Fsp3) is 0.147. The highest BCUT2D eigenvalue weighted by atomic mass is 32.2. The minimum absolute atomic E-state index is 0.0318. The van der Waals surface area contributed by atoms with Gasteiger partial charge in [0, 0.05) is 33.3 Å². The van der Waals surface area contributed by atoms with Crippen LogP contribution in [0, 0.1) is 0 Å². The second-order valence-corrected chi connectivity index (χ2v) is 10.3. The number of rotatable bonds is 13. The highest BCUT2D eigenvalue weighted by Crippen LogP contribution is 2.35. The largest absolute Gasteiger partial charge is 0.497 e. The first-order chi connectivity index (χ1) is 21.3. The predicted molar refractivity (Wildman–Crippen MR) is 171 cm³/mol. The van der Waals surface area contributed by atoms with Gasteiger partial charge in [0.25, 0.3) is 11.8 Å². The van der Waals surface area contributed by atoms with E-state index in [-0.39, 0.29) is 17.2 Å². The normalized spacial score (nSPS) is 10.9. The van der Waals surface area contributed by atoms with Crippen LogP contribution in [0.4, 0.5) is 5.69 Å². The lowest BCUT2D eigenvalue weighted by Gasteiger charge is -2.15. The molecule has 10 heteroatoms. The first-order valence-electron chi connectivity index (χ1n) is 13.4. The molecule has 0 spiro atoms. The third-order valence-electron chi connectivity index (χ3n) is 6.42. The number of nitrogens with one attached hydrogen (secondary N) is 2. The van der Waals surface area contributed by atoms with E-state index in [1.807, 2.05) is 6.07 Å². The fourth-order valence-corrected chi connectivity index (χ4v) is 5.00. The van der Waals surface area contributed by atoms with E-state index >= 15 is 0 Å². The van der Waals surface area contributed by atoms with Crippen LogP contribution < -0.4 is 29.6 Å². The van der Waals surface area contributed by atoms with Crippen LogP contribution in [0.25, 0.3) is 6.08 Å². The van der Waals surface area contributed by atoms with Crippen molar-refractivity contribution in [2.45, 2.75) is 4.90 Å². The topological polar surface area (TPSA) is 112 Å². The average Bonchev–Trinajstić information content (AvgIpc) is 3.07. The maximum Gasteiger partial charge on any atom is 0.272 e. The van der Waals surface area contributed by atoms with Crippen LogP contribution in [0.2, 0.25) is 0 Å². The van der Waals surface area contributed by atoms with Gasteiger partial charge < -0.3 is 29.6 Å². The molecule has 44 heavy (non-hydrogen) atoms. The van der Waals surface area contributed by atoms with Gasteiger partial charge in [-0.3, -0.25) is 14.4 Å². The summed E-state index contributed by atoms with van der Waals surface area (Å²) < 4.78 is 21.5. The van der Waals surface area contributed by atoms with Gasteiger partial charge in [0.05, 0.1) is 34.2 Å². The van der Waals surface area contributed by atoms with Crippen LogP contribution in [0.3, 0.4) is 0 Å². The molecule has 0 unspecified atom stereocenters. The number of hydrogen-bond acceptors (Lipinski definition) is 8. The van der Waals surface area contributed by atoms with E-state index in [1.165, 1.54) is 39.2 Å². The first kappa shape index (κ1) is 31.7. The van der Waals surface area contributed by atoms with Crippen molar-refractivity contribution in [1.82, 2.24) is 5.32 Å². The van der Waals surface area contributed by atoms with Crippen molar-refractivity contribution in [3.05, 3.63) is 113 Å². The monoisotopic (exact) mass is 612 g/mol. The molecule has 0 bridgehead atoms. The van der Waals surface area contributed by atoms with Gasteiger partial charge in [-0.25, -0.2) is 0 Å². The minimum Gasteiger partial charge on any atom is -0.497 e. The van der Waals surface area contributed by atoms with Crippen molar-refractivity contribution < 1.29 is 33.3 Å². The Kier molecular flexibility index (Phi) is 11.0. The number of amides is 2. The molecule has 2 N–H and O–H groups in total. The Morgan fingerprint density at radius 3 is 2.09 bits per heavy atom. The van der Waals surface area contributed by atoms with E-state index in [9.17, 15) is 14.4 Å². The maximum absolute atomic E-state index is 13.6. The zero-order valence-electron chi connectivity index (χ0n) is 24.7. The van der Waals surface area contributed by atoms with Gasteiger partial charge in [0.1, 0.15) is 17.2 Å². The van der Waals surface area contributed by atoms with Gasteiger partial charge in [0.2, 0.25) is 0 Å². The average molecular weight is 613 g/mol. The van der Waals surface area contributed by atoms with E-state index in [1.54, 1.807) is 92.0 Å². The number of thioether (sulfide) groups is 1. The molecule has 0 aliphatic carbocycles. The number of anilines is 1. The molecule has 4 aromatic carbocycles. The molecule has 4 rings (SSSR count). The molecule has 9 nitrogen and oxygen atoms in total. The number of carbonyl (C=O) groups is 3. The van der Waals surface area contributed by atoms with Gasteiger partial charge in [-0.1, -0.05) is 36.4 Å². The molecule has 0 fully saturated rings. The van der Waals surface area contributed by atoms with Gasteiger partial charge in [-0.05, 0) is 54.6 Å². The molecule has 0 atom stereocenters. The first-order valence-corrected chi connectivity index (χ1v) is 14.4. The number of hydrogen-bond donors (Lipinski definition) is 2. The zero-order chi connectivity index (χ0) is 31.5. The Labute approximate surface area is 260 Å².